The van der Waals surface area contributed by atoms with Gasteiger partial charge in [0.2, 0.25) is 5.91 Å². The Morgan fingerprint density at radius 1 is 1.19 bits per heavy atom. The molecule has 2 aliphatic heterocycles. The minimum Gasteiger partial charge on any atom is -0.392 e. The molecule has 3 aromatic rings. The zero-order chi connectivity index (χ0) is 25.9. The number of rotatable bonds is 6. The number of anilines is 1. The summed E-state index contributed by atoms with van der Waals surface area (Å²) < 4.78 is 0. The number of carbonyl (C=O) groups excluding carboxylic acids is 1. The van der Waals surface area contributed by atoms with E-state index in [1.807, 2.05) is 29.2 Å². The summed E-state index contributed by atoms with van der Waals surface area (Å²) in [5.74, 6) is 0.587. The van der Waals surface area contributed by atoms with Crippen LogP contribution in [0.3, 0.4) is 0 Å². The third-order valence-corrected chi connectivity index (χ3v) is 7.39. The molecule has 11 heteroatoms. The number of β-amino-alcohol motifs (C(OH)–C–C–N with tert-alkyl or cyclic N) is 1. The van der Waals surface area contributed by atoms with Crippen LogP contribution >= 0.6 is 11.6 Å². The lowest BCUT2D eigenvalue weighted by molar-refractivity contribution is -0.132. The zero-order valence-electron chi connectivity index (χ0n) is 20.6. The number of aromatic nitrogens is 4. The van der Waals surface area contributed by atoms with Crippen LogP contribution in [-0.2, 0) is 11.2 Å². The van der Waals surface area contributed by atoms with Crippen LogP contribution in [0, 0.1) is 11.3 Å². The number of amides is 1. The molecule has 10 nitrogen and oxygen atoms in total. The van der Waals surface area contributed by atoms with Crippen molar-refractivity contribution in [2.24, 2.45) is 0 Å². The molecule has 1 aromatic carbocycles. The third-order valence-electron chi connectivity index (χ3n) is 7.14. The highest BCUT2D eigenvalue weighted by Crippen LogP contribution is 2.39. The van der Waals surface area contributed by atoms with Gasteiger partial charge in [0.25, 0.3) is 0 Å². The highest BCUT2D eigenvalue weighted by atomic mass is 35.5. The minimum atomic E-state index is -0.636. The highest BCUT2D eigenvalue weighted by Gasteiger charge is 2.35. The normalized spacial score (nSPS) is 18.8. The smallest absolute Gasteiger partial charge is 0.219 e. The first-order valence-electron chi connectivity index (χ1n) is 12.4. The van der Waals surface area contributed by atoms with E-state index >= 15 is 0 Å². The number of H-pyrrole nitrogens is 1. The van der Waals surface area contributed by atoms with Crippen molar-refractivity contribution in [3.63, 3.8) is 0 Å². The predicted octanol–water partition coefficient (Wildman–Crippen LogP) is 2.41. The summed E-state index contributed by atoms with van der Waals surface area (Å²) in [6.07, 6.45) is 3.59. The lowest BCUT2D eigenvalue weighted by atomic mass is 9.89. The summed E-state index contributed by atoms with van der Waals surface area (Å²) in [7, 11) is 0. The Morgan fingerprint density at radius 3 is 2.62 bits per heavy atom. The number of nitrogens with one attached hydrogen (secondary N) is 1. The van der Waals surface area contributed by atoms with Gasteiger partial charge in [-0.2, -0.15) is 10.4 Å². The van der Waals surface area contributed by atoms with E-state index in [1.54, 1.807) is 13.1 Å². The van der Waals surface area contributed by atoms with Gasteiger partial charge in [0.1, 0.15) is 6.07 Å². The number of aliphatic hydroxyl groups excluding tert-OH is 1. The van der Waals surface area contributed by atoms with Crippen LogP contribution in [-0.4, -0.2) is 86.4 Å². The first-order chi connectivity index (χ1) is 17.9. The highest BCUT2D eigenvalue weighted by molar-refractivity contribution is 6.30. The van der Waals surface area contributed by atoms with Gasteiger partial charge in [-0.05, 0) is 18.6 Å². The summed E-state index contributed by atoms with van der Waals surface area (Å²) in [4.78, 5) is 27.1. The lowest BCUT2D eigenvalue weighted by Gasteiger charge is -2.39. The van der Waals surface area contributed by atoms with Crippen molar-refractivity contribution >= 4 is 23.3 Å². The van der Waals surface area contributed by atoms with E-state index in [-0.39, 0.29) is 11.9 Å². The van der Waals surface area contributed by atoms with Crippen LogP contribution in [0.4, 0.5) is 5.82 Å². The van der Waals surface area contributed by atoms with Gasteiger partial charge in [-0.1, -0.05) is 23.7 Å². The maximum atomic E-state index is 12.6. The molecule has 0 aliphatic carbocycles. The molecule has 0 spiro atoms. The molecule has 0 saturated carbocycles. The number of halogens is 1. The van der Waals surface area contributed by atoms with Crippen molar-refractivity contribution < 1.29 is 9.90 Å². The fourth-order valence-corrected chi connectivity index (χ4v) is 5.47. The molecule has 4 heterocycles. The second-order valence-corrected chi connectivity index (χ2v) is 9.90. The average molecular weight is 521 g/mol. The van der Waals surface area contributed by atoms with Crippen molar-refractivity contribution in [2.45, 2.75) is 31.9 Å². The standard InChI is InChI=1S/C26H29ClN8O2/c1-17(36)35-9-6-21-24(25(32-31-21)18-2-4-19(27)5-3-18)23(35)14-20(37)16-33-10-12-34(13-11-33)26-22(15-28)29-7-8-30-26/h2-5,7-8,20,23,37H,6,9-14,16H2,1H3,(H,31,32). The van der Waals surface area contributed by atoms with E-state index in [0.717, 1.165) is 35.6 Å². The van der Waals surface area contributed by atoms with E-state index in [4.69, 9.17) is 11.6 Å². The van der Waals surface area contributed by atoms with Gasteiger partial charge in [0.15, 0.2) is 11.5 Å². The molecular formula is C26H29ClN8O2. The molecule has 1 saturated heterocycles. The summed E-state index contributed by atoms with van der Waals surface area (Å²) in [6.45, 7) is 5.49. The summed E-state index contributed by atoms with van der Waals surface area (Å²) in [5.41, 5.74) is 4.01. The Hall–Kier alpha value is -3.52. The molecule has 37 heavy (non-hydrogen) atoms. The fourth-order valence-electron chi connectivity index (χ4n) is 5.34. The fraction of sp³-hybridized carbons (Fsp3) is 0.423. The van der Waals surface area contributed by atoms with Crippen molar-refractivity contribution in [1.82, 2.24) is 30.0 Å². The molecule has 192 valence electrons. The Labute approximate surface area is 220 Å². The van der Waals surface area contributed by atoms with Gasteiger partial charge in [0, 0.05) is 86.9 Å². The van der Waals surface area contributed by atoms with Crippen molar-refractivity contribution in [3.8, 4) is 17.3 Å². The van der Waals surface area contributed by atoms with Crippen LogP contribution in [0.25, 0.3) is 11.3 Å². The summed E-state index contributed by atoms with van der Waals surface area (Å²) >= 11 is 6.09. The molecule has 2 N–H and O–H groups in total. The van der Waals surface area contributed by atoms with Crippen molar-refractivity contribution in [3.05, 3.63) is 58.6 Å². The number of benzene rings is 1. The summed E-state index contributed by atoms with van der Waals surface area (Å²) in [6, 6.07) is 9.33. The van der Waals surface area contributed by atoms with Gasteiger partial charge in [-0.25, -0.2) is 9.97 Å². The predicted molar refractivity (Wildman–Crippen MR) is 139 cm³/mol. The van der Waals surface area contributed by atoms with E-state index in [1.165, 1.54) is 6.20 Å². The molecule has 5 rings (SSSR count). The minimum absolute atomic E-state index is 0.0167. The van der Waals surface area contributed by atoms with Crippen molar-refractivity contribution in [2.75, 3.05) is 44.2 Å². The molecule has 1 fully saturated rings. The summed E-state index contributed by atoms with van der Waals surface area (Å²) in [5, 5.41) is 28.9. The maximum Gasteiger partial charge on any atom is 0.219 e. The van der Waals surface area contributed by atoms with Gasteiger partial charge in [0.05, 0.1) is 17.8 Å². The number of aromatic amines is 1. The quantitative estimate of drug-likeness (QED) is 0.507. The second-order valence-electron chi connectivity index (χ2n) is 9.47. The zero-order valence-corrected chi connectivity index (χ0v) is 21.4. The van der Waals surface area contributed by atoms with E-state index < -0.39 is 6.10 Å². The van der Waals surface area contributed by atoms with E-state index in [0.29, 0.717) is 55.6 Å². The van der Waals surface area contributed by atoms with Crippen LogP contribution in [0.15, 0.2) is 36.7 Å². The molecular weight excluding hydrogens is 492 g/mol. The largest absolute Gasteiger partial charge is 0.392 e. The molecule has 2 aromatic heterocycles. The first kappa shape index (κ1) is 25.1. The SMILES string of the molecule is CC(=O)N1CCc2[nH]nc(-c3ccc(Cl)cc3)c2C1CC(O)CN1CCN(c2nccnc2C#N)CC1. The second kappa shape index (κ2) is 10.8. The number of piperazine rings is 1. The van der Waals surface area contributed by atoms with E-state index in [2.05, 4.69) is 36.0 Å². The number of aliphatic hydroxyl groups is 1. The van der Waals surface area contributed by atoms with Gasteiger partial charge >= 0.3 is 0 Å². The average Bonchev–Trinajstić information content (AvgIpc) is 3.34. The van der Waals surface area contributed by atoms with Crippen LogP contribution < -0.4 is 4.90 Å². The Kier molecular flexibility index (Phi) is 7.37. The van der Waals surface area contributed by atoms with E-state index in [9.17, 15) is 15.2 Å². The number of hydrogen-bond acceptors (Lipinski definition) is 8. The molecule has 2 atom stereocenters. The third kappa shape index (κ3) is 5.30. The van der Waals surface area contributed by atoms with Gasteiger partial charge < -0.3 is 14.9 Å². The molecule has 2 aliphatic rings. The molecule has 0 bridgehead atoms. The van der Waals surface area contributed by atoms with Crippen LogP contribution in [0.2, 0.25) is 5.02 Å². The maximum absolute atomic E-state index is 12.6. The number of nitriles is 1. The lowest BCUT2D eigenvalue weighted by Crippen LogP contribution is -2.49. The Morgan fingerprint density at radius 2 is 1.92 bits per heavy atom. The number of nitrogens with zero attached hydrogens (tertiary/aromatic N) is 7. The van der Waals surface area contributed by atoms with Crippen molar-refractivity contribution in [1.29, 1.82) is 5.26 Å². The Bertz CT molecular complexity index is 1300. The topological polar surface area (TPSA) is 125 Å². The van der Waals surface area contributed by atoms with Gasteiger partial charge in [-0.15, -0.1) is 0 Å². The van der Waals surface area contributed by atoms with Crippen LogP contribution in [0.5, 0.6) is 0 Å². The van der Waals surface area contributed by atoms with Gasteiger partial charge in [-0.3, -0.25) is 14.8 Å². The van der Waals surface area contributed by atoms with Crippen LogP contribution in [0.1, 0.15) is 36.3 Å². The molecule has 2 unspecified atom stereocenters. The monoisotopic (exact) mass is 520 g/mol. The Balaban J connectivity index is 1.29. The number of fused-ring (bicyclic) bond motifs is 1. The number of hydrogen-bond donors (Lipinski definition) is 2. The number of carbonyl (C=O) groups is 1. The first-order valence-corrected chi connectivity index (χ1v) is 12.8. The molecule has 1 amide bonds. The molecule has 0 radical (unpaired) electrons.